The van der Waals surface area contributed by atoms with Crippen molar-refractivity contribution in [1.82, 2.24) is 15.4 Å². The summed E-state index contributed by atoms with van der Waals surface area (Å²) in [5, 5.41) is 15.1. The van der Waals surface area contributed by atoms with E-state index in [1.54, 1.807) is 6.07 Å². The number of benzene rings is 1. The fourth-order valence-electron chi connectivity index (χ4n) is 3.76. The summed E-state index contributed by atoms with van der Waals surface area (Å²) < 4.78 is 0. The molecule has 0 radical (unpaired) electrons. The zero-order valence-electron chi connectivity index (χ0n) is 16.5. The Morgan fingerprint density at radius 3 is 2.90 bits per heavy atom. The molecule has 0 saturated heterocycles. The van der Waals surface area contributed by atoms with Crippen LogP contribution in [-0.2, 0) is 17.6 Å². The number of nitrogens with one attached hydrogen (secondary N) is 2. The average molecular weight is 410 g/mol. The van der Waals surface area contributed by atoms with Crippen LogP contribution in [0.15, 0.2) is 22.0 Å². The molecule has 1 aromatic carbocycles. The number of hydrazone groups is 1. The second-order valence-electron chi connectivity index (χ2n) is 7.35. The third-order valence-electron chi connectivity index (χ3n) is 5.39. The fourth-order valence-corrected chi connectivity index (χ4v) is 4.81. The third-order valence-corrected chi connectivity index (χ3v) is 6.49. The molecule has 2 heterocycles. The Bertz CT molecular complexity index is 1220. The number of aryl methyl sites for hydroxylation is 3. The van der Waals surface area contributed by atoms with E-state index in [1.165, 1.54) is 11.3 Å². The maximum absolute atomic E-state index is 12.4. The number of carbonyl (C=O) groups is 1. The zero-order valence-corrected chi connectivity index (χ0v) is 17.4. The lowest BCUT2D eigenvalue weighted by molar-refractivity contribution is -0.120. The molecule has 3 N–H and O–H groups in total. The molecule has 29 heavy (non-hydrogen) atoms. The Balaban J connectivity index is 1.56. The molecule has 1 aliphatic rings. The molecule has 0 aliphatic heterocycles. The summed E-state index contributed by atoms with van der Waals surface area (Å²) in [7, 11) is 0. The summed E-state index contributed by atoms with van der Waals surface area (Å²) in [5.41, 5.74) is 6.81. The lowest BCUT2D eigenvalue weighted by atomic mass is 9.86. The SMILES string of the molecule is Cc1ccc(O)c2c1CCC/C2=N\NC(=O)Cc1nc2sc(C)c(C)c2c(=O)[nH]1. The lowest BCUT2D eigenvalue weighted by Gasteiger charge is -2.21. The minimum absolute atomic E-state index is 0.0788. The molecule has 150 valence electrons. The molecule has 0 saturated carbocycles. The maximum atomic E-state index is 12.4. The van der Waals surface area contributed by atoms with E-state index in [1.807, 2.05) is 26.8 Å². The first-order valence-corrected chi connectivity index (χ1v) is 10.3. The molecule has 0 fully saturated rings. The third kappa shape index (κ3) is 3.55. The molecule has 1 aliphatic carbocycles. The number of phenols is 1. The summed E-state index contributed by atoms with van der Waals surface area (Å²) in [6.45, 7) is 5.85. The Kier molecular flexibility index (Phi) is 4.96. The first-order valence-electron chi connectivity index (χ1n) is 9.51. The summed E-state index contributed by atoms with van der Waals surface area (Å²) in [6.07, 6.45) is 2.39. The van der Waals surface area contributed by atoms with E-state index in [2.05, 4.69) is 20.5 Å². The number of fused-ring (bicyclic) bond motifs is 2. The number of hydrogen-bond acceptors (Lipinski definition) is 6. The Morgan fingerprint density at radius 1 is 1.31 bits per heavy atom. The average Bonchev–Trinajstić information content (AvgIpc) is 2.97. The zero-order chi connectivity index (χ0) is 20.7. The Morgan fingerprint density at radius 2 is 2.10 bits per heavy atom. The number of nitrogens with zero attached hydrogens (tertiary/aromatic N) is 2. The van der Waals surface area contributed by atoms with Crippen molar-refractivity contribution in [1.29, 1.82) is 0 Å². The number of aromatic hydroxyl groups is 1. The number of aromatic amines is 1. The van der Waals surface area contributed by atoms with Crippen molar-refractivity contribution < 1.29 is 9.90 Å². The van der Waals surface area contributed by atoms with Gasteiger partial charge in [0.15, 0.2) is 0 Å². The van der Waals surface area contributed by atoms with Gasteiger partial charge in [-0.1, -0.05) is 6.07 Å². The van der Waals surface area contributed by atoms with Crippen molar-refractivity contribution in [3.05, 3.63) is 55.4 Å². The quantitative estimate of drug-likeness (QED) is 0.577. The van der Waals surface area contributed by atoms with E-state index < -0.39 is 0 Å². The van der Waals surface area contributed by atoms with Gasteiger partial charge in [-0.25, -0.2) is 10.4 Å². The number of rotatable bonds is 3. The van der Waals surface area contributed by atoms with Crippen molar-refractivity contribution >= 4 is 33.2 Å². The molecular formula is C21H22N4O3S. The smallest absolute Gasteiger partial charge is 0.259 e. The summed E-state index contributed by atoms with van der Waals surface area (Å²) in [4.78, 5) is 33.6. The predicted octanol–water partition coefficient (Wildman–Crippen LogP) is 3.01. The van der Waals surface area contributed by atoms with Gasteiger partial charge in [0, 0.05) is 10.4 Å². The van der Waals surface area contributed by atoms with E-state index >= 15 is 0 Å². The van der Waals surface area contributed by atoms with Gasteiger partial charge < -0.3 is 10.1 Å². The Hall–Kier alpha value is -3.00. The molecular weight excluding hydrogens is 388 g/mol. The standard InChI is InChI=1S/C21H22N4O3S/c1-10-7-8-15(26)19-13(10)5-4-6-14(19)24-25-17(27)9-16-22-20(28)18-11(2)12(3)29-21(18)23-16/h7-8,26H,4-6,9H2,1-3H3,(H,25,27)(H,22,23,28)/b24-14+. The first-order chi connectivity index (χ1) is 13.8. The first kappa shape index (κ1) is 19.3. The number of aromatic nitrogens is 2. The summed E-state index contributed by atoms with van der Waals surface area (Å²) >= 11 is 1.45. The normalized spacial score (nSPS) is 14.9. The lowest BCUT2D eigenvalue weighted by Crippen LogP contribution is -2.25. The summed E-state index contributed by atoms with van der Waals surface area (Å²) in [6, 6.07) is 3.55. The molecule has 0 unspecified atom stereocenters. The van der Waals surface area contributed by atoms with Gasteiger partial charge in [-0.15, -0.1) is 11.3 Å². The number of phenolic OH excluding ortho intramolecular Hbond substituents is 1. The molecule has 4 rings (SSSR count). The van der Waals surface area contributed by atoms with Gasteiger partial charge in [0.2, 0.25) is 5.91 Å². The fraction of sp³-hybridized carbons (Fsp3) is 0.333. The van der Waals surface area contributed by atoms with Crippen LogP contribution in [0.1, 0.15) is 45.8 Å². The molecule has 0 spiro atoms. The van der Waals surface area contributed by atoms with Gasteiger partial charge in [-0.3, -0.25) is 9.59 Å². The minimum Gasteiger partial charge on any atom is -0.507 e. The van der Waals surface area contributed by atoms with Gasteiger partial charge in [0.1, 0.15) is 16.4 Å². The highest BCUT2D eigenvalue weighted by molar-refractivity contribution is 7.18. The second-order valence-corrected chi connectivity index (χ2v) is 8.56. The van der Waals surface area contributed by atoms with E-state index in [0.29, 0.717) is 33.7 Å². The summed E-state index contributed by atoms with van der Waals surface area (Å²) in [5.74, 6) is 0.117. The molecule has 8 heteroatoms. The number of thiophene rings is 1. The number of H-pyrrole nitrogens is 1. The molecule has 3 aromatic rings. The highest BCUT2D eigenvalue weighted by Crippen LogP contribution is 2.31. The second kappa shape index (κ2) is 7.44. The van der Waals surface area contributed by atoms with Crippen LogP contribution in [0, 0.1) is 20.8 Å². The monoisotopic (exact) mass is 410 g/mol. The highest BCUT2D eigenvalue weighted by Gasteiger charge is 2.21. The van der Waals surface area contributed by atoms with Gasteiger partial charge in [-0.05, 0) is 62.8 Å². The van der Waals surface area contributed by atoms with Gasteiger partial charge >= 0.3 is 0 Å². The van der Waals surface area contributed by atoms with Crippen LogP contribution < -0.4 is 11.0 Å². The highest BCUT2D eigenvalue weighted by atomic mass is 32.1. The van der Waals surface area contributed by atoms with Crippen molar-refractivity contribution in [2.75, 3.05) is 0 Å². The van der Waals surface area contributed by atoms with Crippen LogP contribution in [0.3, 0.4) is 0 Å². The maximum Gasteiger partial charge on any atom is 0.259 e. The van der Waals surface area contributed by atoms with Crippen LogP contribution in [-0.4, -0.2) is 26.7 Å². The van der Waals surface area contributed by atoms with Gasteiger partial charge in [-0.2, -0.15) is 5.10 Å². The minimum atomic E-state index is -0.371. The van der Waals surface area contributed by atoms with E-state index in [4.69, 9.17) is 0 Å². The van der Waals surface area contributed by atoms with E-state index in [0.717, 1.165) is 34.4 Å². The van der Waals surface area contributed by atoms with Gasteiger partial charge in [0.05, 0.1) is 17.5 Å². The van der Waals surface area contributed by atoms with Crippen molar-refractivity contribution in [3.8, 4) is 5.75 Å². The van der Waals surface area contributed by atoms with Crippen LogP contribution in [0.2, 0.25) is 0 Å². The molecule has 1 amide bonds. The van der Waals surface area contributed by atoms with E-state index in [-0.39, 0.29) is 23.6 Å². The predicted molar refractivity (Wildman–Crippen MR) is 114 cm³/mol. The van der Waals surface area contributed by atoms with Crippen LogP contribution in [0.25, 0.3) is 10.2 Å². The van der Waals surface area contributed by atoms with Crippen molar-refractivity contribution in [2.45, 2.75) is 46.5 Å². The molecule has 0 atom stereocenters. The van der Waals surface area contributed by atoms with E-state index in [9.17, 15) is 14.7 Å². The van der Waals surface area contributed by atoms with Crippen LogP contribution in [0.5, 0.6) is 5.75 Å². The number of carbonyl (C=O) groups excluding carboxylic acids is 1. The topological polar surface area (TPSA) is 107 Å². The number of hydrogen-bond donors (Lipinski definition) is 3. The van der Waals surface area contributed by atoms with Crippen LogP contribution >= 0.6 is 11.3 Å². The molecule has 0 bridgehead atoms. The Labute approximate surface area is 171 Å². The van der Waals surface area contributed by atoms with Crippen molar-refractivity contribution in [2.24, 2.45) is 5.10 Å². The molecule has 2 aromatic heterocycles. The largest absolute Gasteiger partial charge is 0.507 e. The van der Waals surface area contributed by atoms with Crippen LogP contribution in [0.4, 0.5) is 0 Å². The number of amides is 1. The van der Waals surface area contributed by atoms with Gasteiger partial charge in [0.25, 0.3) is 5.56 Å². The van der Waals surface area contributed by atoms with Crippen molar-refractivity contribution in [3.63, 3.8) is 0 Å². The molecule has 7 nitrogen and oxygen atoms in total.